The number of amides is 3. The topological polar surface area (TPSA) is 79.0 Å². The van der Waals surface area contributed by atoms with Crippen molar-refractivity contribution in [3.63, 3.8) is 0 Å². The third-order valence-corrected chi connectivity index (χ3v) is 4.51. The van der Waals surface area contributed by atoms with Gasteiger partial charge in [0, 0.05) is 17.8 Å². The number of para-hydroxylation sites is 2. The maximum absolute atomic E-state index is 12.6. The first-order valence-electron chi connectivity index (χ1n) is 8.75. The van der Waals surface area contributed by atoms with Crippen LogP contribution in [0.15, 0.2) is 48.5 Å². The second-order valence-electron chi connectivity index (χ2n) is 6.35. The van der Waals surface area contributed by atoms with Crippen molar-refractivity contribution in [2.24, 2.45) is 0 Å². The SMILES string of the molecule is CN(CC(=O)Nc1ccc(Cl)cc1)C(=O)CN1C(=O)CCOc2ccccc21. The minimum atomic E-state index is -0.351. The molecule has 28 heavy (non-hydrogen) atoms. The van der Waals surface area contributed by atoms with E-state index in [2.05, 4.69) is 5.32 Å². The van der Waals surface area contributed by atoms with E-state index in [-0.39, 0.29) is 43.8 Å². The first-order valence-corrected chi connectivity index (χ1v) is 9.13. The number of nitrogens with zero attached hydrogens (tertiary/aromatic N) is 2. The summed E-state index contributed by atoms with van der Waals surface area (Å²) >= 11 is 5.82. The maximum atomic E-state index is 12.6. The Labute approximate surface area is 167 Å². The van der Waals surface area contributed by atoms with Crippen LogP contribution in [-0.2, 0) is 14.4 Å². The molecule has 0 bridgehead atoms. The minimum absolute atomic E-state index is 0.137. The van der Waals surface area contributed by atoms with Crippen molar-refractivity contribution in [1.29, 1.82) is 0 Å². The molecule has 146 valence electrons. The Hall–Kier alpha value is -3.06. The quantitative estimate of drug-likeness (QED) is 0.835. The lowest BCUT2D eigenvalue weighted by molar-refractivity contribution is -0.133. The number of rotatable bonds is 5. The summed E-state index contributed by atoms with van der Waals surface area (Å²) in [6, 6.07) is 13.8. The first kappa shape index (κ1) is 19.7. The van der Waals surface area contributed by atoms with Crippen molar-refractivity contribution in [2.45, 2.75) is 6.42 Å². The van der Waals surface area contributed by atoms with Crippen molar-refractivity contribution in [3.8, 4) is 5.75 Å². The van der Waals surface area contributed by atoms with Crippen LogP contribution in [0.2, 0.25) is 5.02 Å². The summed E-state index contributed by atoms with van der Waals surface area (Å²) in [6.45, 7) is -0.0363. The van der Waals surface area contributed by atoms with E-state index in [1.54, 1.807) is 42.5 Å². The summed E-state index contributed by atoms with van der Waals surface area (Å²) in [4.78, 5) is 39.9. The molecular weight excluding hydrogens is 382 g/mol. The Morgan fingerprint density at radius 2 is 1.89 bits per heavy atom. The van der Waals surface area contributed by atoms with E-state index in [0.717, 1.165) is 0 Å². The van der Waals surface area contributed by atoms with Gasteiger partial charge in [-0.15, -0.1) is 0 Å². The van der Waals surface area contributed by atoms with Crippen molar-refractivity contribution >= 4 is 40.7 Å². The number of carbonyl (C=O) groups excluding carboxylic acids is 3. The summed E-state index contributed by atoms with van der Waals surface area (Å²) in [7, 11) is 1.52. The molecule has 0 saturated heterocycles. The molecule has 7 nitrogen and oxygen atoms in total. The first-order chi connectivity index (χ1) is 13.4. The lowest BCUT2D eigenvalue weighted by atomic mass is 10.2. The zero-order valence-corrected chi connectivity index (χ0v) is 16.1. The van der Waals surface area contributed by atoms with Gasteiger partial charge in [-0.2, -0.15) is 0 Å². The Balaban J connectivity index is 1.62. The van der Waals surface area contributed by atoms with Gasteiger partial charge in [0.25, 0.3) is 0 Å². The molecule has 0 aromatic heterocycles. The highest BCUT2D eigenvalue weighted by Crippen LogP contribution is 2.30. The normalized spacial score (nSPS) is 13.2. The monoisotopic (exact) mass is 401 g/mol. The number of ether oxygens (including phenoxy) is 1. The molecule has 0 saturated carbocycles. The second-order valence-corrected chi connectivity index (χ2v) is 6.79. The fraction of sp³-hybridized carbons (Fsp3) is 0.250. The van der Waals surface area contributed by atoms with Crippen LogP contribution in [0.4, 0.5) is 11.4 Å². The van der Waals surface area contributed by atoms with E-state index in [9.17, 15) is 14.4 Å². The lowest BCUT2D eigenvalue weighted by Crippen LogP contribution is -2.43. The largest absolute Gasteiger partial charge is 0.491 e. The van der Waals surface area contributed by atoms with Crippen LogP contribution in [0.3, 0.4) is 0 Å². The number of hydrogen-bond acceptors (Lipinski definition) is 4. The highest BCUT2D eigenvalue weighted by molar-refractivity contribution is 6.30. The van der Waals surface area contributed by atoms with Gasteiger partial charge >= 0.3 is 0 Å². The molecule has 0 atom stereocenters. The van der Waals surface area contributed by atoms with Gasteiger partial charge in [0.05, 0.1) is 25.3 Å². The summed E-state index contributed by atoms with van der Waals surface area (Å²) < 4.78 is 5.57. The average molecular weight is 402 g/mol. The van der Waals surface area contributed by atoms with Crippen molar-refractivity contribution < 1.29 is 19.1 Å². The number of carbonyl (C=O) groups is 3. The molecule has 0 radical (unpaired) electrons. The third kappa shape index (κ3) is 4.80. The molecule has 0 fully saturated rings. The van der Waals surface area contributed by atoms with Gasteiger partial charge in [-0.05, 0) is 36.4 Å². The molecule has 1 heterocycles. The molecule has 2 aromatic rings. The molecule has 1 aliphatic heterocycles. The number of anilines is 2. The molecule has 0 spiro atoms. The number of fused-ring (bicyclic) bond motifs is 1. The standard InChI is InChI=1S/C20H20ClN3O4/c1-23(12-18(25)22-15-8-6-14(21)7-9-15)20(27)13-24-16-4-2-3-5-17(16)28-11-10-19(24)26/h2-9H,10-13H2,1H3,(H,22,25). The Bertz CT molecular complexity index is 885. The highest BCUT2D eigenvalue weighted by Gasteiger charge is 2.26. The Morgan fingerprint density at radius 1 is 1.18 bits per heavy atom. The molecule has 0 unspecified atom stereocenters. The van der Waals surface area contributed by atoms with Gasteiger partial charge in [0.15, 0.2) is 0 Å². The van der Waals surface area contributed by atoms with E-state index in [4.69, 9.17) is 16.3 Å². The summed E-state index contributed by atoms with van der Waals surface area (Å²) in [5.41, 5.74) is 1.14. The zero-order chi connectivity index (χ0) is 20.1. The molecule has 0 aliphatic carbocycles. The van der Waals surface area contributed by atoms with Crippen LogP contribution in [0, 0.1) is 0 Å². The van der Waals surface area contributed by atoms with Crippen LogP contribution >= 0.6 is 11.6 Å². The van der Waals surface area contributed by atoms with Gasteiger partial charge in [0.1, 0.15) is 12.3 Å². The van der Waals surface area contributed by atoms with Gasteiger partial charge in [-0.3, -0.25) is 19.3 Å². The van der Waals surface area contributed by atoms with Crippen LogP contribution in [0.1, 0.15) is 6.42 Å². The minimum Gasteiger partial charge on any atom is -0.491 e. The van der Waals surface area contributed by atoms with E-state index in [0.29, 0.717) is 22.1 Å². The number of benzene rings is 2. The smallest absolute Gasteiger partial charge is 0.243 e. The highest BCUT2D eigenvalue weighted by atomic mass is 35.5. The Morgan fingerprint density at radius 3 is 2.64 bits per heavy atom. The number of halogens is 1. The summed E-state index contributed by atoms with van der Waals surface area (Å²) in [6.07, 6.45) is 0.183. The van der Waals surface area contributed by atoms with Crippen LogP contribution in [0.5, 0.6) is 5.75 Å². The van der Waals surface area contributed by atoms with Crippen LogP contribution in [0.25, 0.3) is 0 Å². The van der Waals surface area contributed by atoms with Crippen LogP contribution < -0.4 is 15.0 Å². The van der Waals surface area contributed by atoms with Gasteiger partial charge in [-0.25, -0.2) is 0 Å². The molecule has 1 N–H and O–H groups in total. The van der Waals surface area contributed by atoms with E-state index in [1.165, 1.54) is 16.8 Å². The van der Waals surface area contributed by atoms with Crippen molar-refractivity contribution in [3.05, 3.63) is 53.6 Å². The van der Waals surface area contributed by atoms with E-state index < -0.39 is 0 Å². The number of hydrogen-bond donors (Lipinski definition) is 1. The molecule has 3 amide bonds. The summed E-state index contributed by atoms with van der Waals surface area (Å²) in [5, 5.41) is 3.27. The van der Waals surface area contributed by atoms with Gasteiger partial charge in [-0.1, -0.05) is 23.7 Å². The predicted octanol–water partition coefficient (Wildman–Crippen LogP) is 2.55. The van der Waals surface area contributed by atoms with E-state index in [1.807, 2.05) is 6.07 Å². The van der Waals surface area contributed by atoms with Crippen molar-refractivity contribution in [1.82, 2.24) is 4.90 Å². The molecular formula is C20H20ClN3O4. The Kier molecular flexibility index (Phi) is 6.16. The van der Waals surface area contributed by atoms with Crippen molar-refractivity contribution in [2.75, 3.05) is 37.0 Å². The molecule has 1 aliphatic rings. The van der Waals surface area contributed by atoms with Crippen LogP contribution in [-0.4, -0.2) is 49.4 Å². The zero-order valence-electron chi connectivity index (χ0n) is 15.4. The van der Waals surface area contributed by atoms with E-state index >= 15 is 0 Å². The second kappa shape index (κ2) is 8.75. The average Bonchev–Trinajstić information content (AvgIpc) is 2.82. The number of likely N-dealkylation sites (N-methyl/N-ethyl adjacent to an activating group) is 1. The van der Waals surface area contributed by atoms with Gasteiger partial charge < -0.3 is 15.0 Å². The molecule has 3 rings (SSSR count). The van der Waals surface area contributed by atoms with Gasteiger partial charge in [0.2, 0.25) is 17.7 Å². The third-order valence-electron chi connectivity index (χ3n) is 4.26. The summed E-state index contributed by atoms with van der Waals surface area (Å²) in [5.74, 6) is -0.331. The number of nitrogens with one attached hydrogen (secondary N) is 1. The maximum Gasteiger partial charge on any atom is 0.243 e. The fourth-order valence-corrected chi connectivity index (χ4v) is 2.91. The molecule has 8 heteroatoms. The predicted molar refractivity (Wildman–Crippen MR) is 107 cm³/mol. The fourth-order valence-electron chi connectivity index (χ4n) is 2.79. The molecule has 2 aromatic carbocycles. The lowest BCUT2D eigenvalue weighted by Gasteiger charge is -2.24.